The van der Waals surface area contributed by atoms with Gasteiger partial charge in [-0.25, -0.2) is 0 Å². The Labute approximate surface area is 123 Å². The highest BCUT2D eigenvalue weighted by Gasteiger charge is 2.24. The van der Waals surface area contributed by atoms with Crippen molar-refractivity contribution in [2.24, 2.45) is 5.73 Å². The van der Waals surface area contributed by atoms with Crippen molar-refractivity contribution < 1.29 is 9.72 Å². The summed E-state index contributed by atoms with van der Waals surface area (Å²) in [5.74, 6) is -0.170. The van der Waals surface area contributed by atoms with E-state index >= 15 is 0 Å². The summed E-state index contributed by atoms with van der Waals surface area (Å²) in [6.07, 6.45) is 1.79. The molecule has 1 heterocycles. The van der Waals surface area contributed by atoms with E-state index in [1.54, 1.807) is 17.9 Å². The molecule has 1 amide bonds. The molecule has 1 fully saturated rings. The maximum absolute atomic E-state index is 12.4. The lowest BCUT2D eigenvalue weighted by Crippen LogP contribution is -2.45. The van der Waals surface area contributed by atoms with Gasteiger partial charge in [0.1, 0.15) is 0 Å². The topological polar surface area (TPSA) is 89.5 Å². The molecule has 1 saturated heterocycles. The first-order valence-corrected chi connectivity index (χ1v) is 6.29. The van der Waals surface area contributed by atoms with Gasteiger partial charge in [0.15, 0.2) is 0 Å². The van der Waals surface area contributed by atoms with Crippen LogP contribution in [-0.4, -0.2) is 34.9 Å². The second kappa shape index (κ2) is 6.67. The van der Waals surface area contributed by atoms with E-state index in [1.807, 2.05) is 0 Å². The summed E-state index contributed by atoms with van der Waals surface area (Å²) in [5, 5.41) is 10.8. The van der Waals surface area contributed by atoms with Gasteiger partial charge in [0.25, 0.3) is 11.6 Å². The highest BCUT2D eigenvalue weighted by molar-refractivity contribution is 5.96. The number of benzene rings is 1. The standard InChI is InChI=1S/C13H17N3O3.ClH/c1-9-4-5-11(16(18)19)7-12(9)13(17)15-6-2-3-10(14)8-15;/h4-5,7,10H,2-3,6,8,14H2,1H3;1H/t10-;/m1./s1. The molecule has 1 atom stereocenters. The highest BCUT2D eigenvalue weighted by Crippen LogP contribution is 2.20. The number of carbonyl (C=O) groups is 1. The Morgan fingerprint density at radius 3 is 2.80 bits per heavy atom. The zero-order valence-corrected chi connectivity index (χ0v) is 12.1. The quantitative estimate of drug-likeness (QED) is 0.667. The van der Waals surface area contributed by atoms with E-state index in [2.05, 4.69) is 0 Å². The van der Waals surface area contributed by atoms with E-state index in [1.165, 1.54) is 12.1 Å². The van der Waals surface area contributed by atoms with E-state index in [0.29, 0.717) is 18.7 Å². The van der Waals surface area contributed by atoms with Crippen molar-refractivity contribution in [3.8, 4) is 0 Å². The summed E-state index contributed by atoms with van der Waals surface area (Å²) < 4.78 is 0. The molecule has 6 nitrogen and oxygen atoms in total. The molecule has 2 rings (SSSR count). The number of amides is 1. The number of rotatable bonds is 2. The molecular formula is C13H18ClN3O3. The number of nitro groups is 1. The fourth-order valence-electron chi connectivity index (χ4n) is 2.32. The number of piperidine rings is 1. The first-order chi connectivity index (χ1) is 8.99. The lowest BCUT2D eigenvalue weighted by molar-refractivity contribution is -0.384. The summed E-state index contributed by atoms with van der Waals surface area (Å²) in [4.78, 5) is 24.4. The van der Waals surface area contributed by atoms with E-state index in [0.717, 1.165) is 18.4 Å². The number of nitro benzene ring substituents is 1. The minimum Gasteiger partial charge on any atom is -0.337 e. The number of non-ortho nitro benzene ring substituents is 1. The first-order valence-electron chi connectivity index (χ1n) is 6.29. The van der Waals surface area contributed by atoms with Crippen LogP contribution >= 0.6 is 12.4 Å². The molecule has 20 heavy (non-hydrogen) atoms. The van der Waals surface area contributed by atoms with Crippen molar-refractivity contribution in [1.29, 1.82) is 0 Å². The summed E-state index contributed by atoms with van der Waals surface area (Å²) in [5.41, 5.74) is 6.93. The Bertz CT molecular complexity index is 522. The summed E-state index contributed by atoms with van der Waals surface area (Å²) in [6, 6.07) is 4.36. The van der Waals surface area contributed by atoms with Gasteiger partial charge in [0.2, 0.25) is 0 Å². The maximum atomic E-state index is 12.4. The lowest BCUT2D eigenvalue weighted by Gasteiger charge is -2.31. The Balaban J connectivity index is 0.00000200. The third-order valence-electron chi connectivity index (χ3n) is 3.41. The zero-order valence-electron chi connectivity index (χ0n) is 11.2. The zero-order chi connectivity index (χ0) is 14.0. The Hall–Kier alpha value is -1.66. The smallest absolute Gasteiger partial charge is 0.270 e. The van der Waals surface area contributed by atoms with E-state index in [4.69, 9.17) is 5.73 Å². The number of carbonyl (C=O) groups excluding carboxylic acids is 1. The van der Waals surface area contributed by atoms with Crippen molar-refractivity contribution in [3.63, 3.8) is 0 Å². The van der Waals surface area contributed by atoms with E-state index in [9.17, 15) is 14.9 Å². The fraction of sp³-hybridized carbons (Fsp3) is 0.462. The molecule has 0 unspecified atom stereocenters. The fourth-order valence-corrected chi connectivity index (χ4v) is 2.32. The predicted molar refractivity (Wildman–Crippen MR) is 78.2 cm³/mol. The number of likely N-dealkylation sites (tertiary alicyclic amines) is 1. The van der Waals surface area contributed by atoms with Gasteiger partial charge >= 0.3 is 0 Å². The molecule has 0 bridgehead atoms. The second-order valence-electron chi connectivity index (χ2n) is 4.91. The van der Waals surface area contributed by atoms with Crippen LogP contribution in [0, 0.1) is 17.0 Å². The van der Waals surface area contributed by atoms with Crippen LogP contribution in [0.3, 0.4) is 0 Å². The number of nitrogens with zero attached hydrogens (tertiary/aromatic N) is 2. The number of halogens is 1. The number of hydrogen-bond donors (Lipinski definition) is 1. The monoisotopic (exact) mass is 299 g/mol. The maximum Gasteiger partial charge on any atom is 0.270 e. The molecule has 0 aliphatic carbocycles. The molecule has 0 radical (unpaired) electrons. The molecule has 7 heteroatoms. The van der Waals surface area contributed by atoms with Crippen molar-refractivity contribution in [1.82, 2.24) is 4.90 Å². The Morgan fingerprint density at radius 2 is 2.20 bits per heavy atom. The van der Waals surface area contributed by atoms with Crippen LogP contribution in [-0.2, 0) is 0 Å². The molecule has 110 valence electrons. The molecule has 0 aromatic heterocycles. The largest absolute Gasteiger partial charge is 0.337 e. The van der Waals surface area contributed by atoms with E-state index in [-0.39, 0.29) is 30.0 Å². The molecule has 0 spiro atoms. The second-order valence-corrected chi connectivity index (χ2v) is 4.91. The van der Waals surface area contributed by atoms with Gasteiger partial charge in [0, 0.05) is 36.8 Å². The van der Waals surface area contributed by atoms with Crippen LogP contribution in [0.15, 0.2) is 18.2 Å². The van der Waals surface area contributed by atoms with Crippen LogP contribution < -0.4 is 5.73 Å². The van der Waals surface area contributed by atoms with Crippen LogP contribution in [0.5, 0.6) is 0 Å². The Kier molecular flexibility index (Phi) is 5.47. The first kappa shape index (κ1) is 16.4. The van der Waals surface area contributed by atoms with Gasteiger partial charge in [-0.3, -0.25) is 14.9 Å². The third kappa shape index (κ3) is 3.46. The number of aryl methyl sites for hydroxylation is 1. The van der Waals surface area contributed by atoms with Gasteiger partial charge in [-0.15, -0.1) is 12.4 Å². The van der Waals surface area contributed by atoms with Crippen LogP contribution in [0.4, 0.5) is 5.69 Å². The van der Waals surface area contributed by atoms with Crippen molar-refractivity contribution >= 4 is 24.0 Å². The van der Waals surface area contributed by atoms with Gasteiger partial charge in [0.05, 0.1) is 4.92 Å². The molecule has 2 N–H and O–H groups in total. The highest BCUT2D eigenvalue weighted by atomic mass is 35.5. The average Bonchev–Trinajstić information content (AvgIpc) is 2.38. The third-order valence-corrected chi connectivity index (χ3v) is 3.41. The van der Waals surface area contributed by atoms with E-state index < -0.39 is 4.92 Å². The Morgan fingerprint density at radius 1 is 1.50 bits per heavy atom. The summed E-state index contributed by atoms with van der Waals surface area (Å²) in [6.45, 7) is 2.95. The van der Waals surface area contributed by atoms with Gasteiger partial charge in [-0.05, 0) is 25.3 Å². The van der Waals surface area contributed by atoms with Gasteiger partial charge in [-0.2, -0.15) is 0 Å². The molecular weight excluding hydrogens is 282 g/mol. The van der Waals surface area contributed by atoms with Crippen LogP contribution in [0.2, 0.25) is 0 Å². The minimum absolute atomic E-state index is 0. The van der Waals surface area contributed by atoms with Crippen molar-refractivity contribution in [2.45, 2.75) is 25.8 Å². The SMILES string of the molecule is Cc1ccc([N+](=O)[O-])cc1C(=O)N1CCC[C@@H](N)C1.Cl. The van der Waals surface area contributed by atoms with Crippen molar-refractivity contribution in [3.05, 3.63) is 39.4 Å². The minimum atomic E-state index is -0.488. The van der Waals surface area contributed by atoms with Crippen LogP contribution in [0.1, 0.15) is 28.8 Å². The predicted octanol–water partition coefficient (Wildman–Crippen LogP) is 1.89. The summed E-state index contributed by atoms with van der Waals surface area (Å²) >= 11 is 0. The molecule has 1 aromatic carbocycles. The number of hydrogen-bond acceptors (Lipinski definition) is 4. The normalized spacial score (nSPS) is 18.3. The molecule has 0 saturated carbocycles. The molecule has 1 aliphatic heterocycles. The average molecular weight is 300 g/mol. The lowest BCUT2D eigenvalue weighted by atomic mass is 10.0. The summed E-state index contributed by atoms with van der Waals surface area (Å²) in [7, 11) is 0. The van der Waals surface area contributed by atoms with Crippen molar-refractivity contribution in [2.75, 3.05) is 13.1 Å². The number of nitrogens with two attached hydrogens (primary N) is 1. The molecule has 1 aromatic rings. The van der Waals surface area contributed by atoms with Gasteiger partial charge < -0.3 is 10.6 Å². The van der Waals surface area contributed by atoms with Crippen LogP contribution in [0.25, 0.3) is 0 Å². The molecule has 1 aliphatic rings. The van der Waals surface area contributed by atoms with Gasteiger partial charge in [-0.1, -0.05) is 6.07 Å².